The second-order valence-electron chi connectivity index (χ2n) is 7.16. The summed E-state index contributed by atoms with van der Waals surface area (Å²) < 4.78 is 39.8. The number of aryl methyl sites for hydroxylation is 1. The van der Waals surface area contributed by atoms with Gasteiger partial charge in [0.2, 0.25) is 15.9 Å². The molecule has 1 N–H and O–H groups in total. The zero-order valence-corrected chi connectivity index (χ0v) is 16.7. The average Bonchev–Trinajstić information content (AvgIpc) is 2.70. The highest BCUT2D eigenvalue weighted by Crippen LogP contribution is 2.24. The van der Waals surface area contributed by atoms with Gasteiger partial charge in [-0.1, -0.05) is 29.8 Å². The van der Waals surface area contributed by atoms with Crippen LogP contribution in [0.2, 0.25) is 0 Å². The van der Waals surface area contributed by atoms with E-state index < -0.39 is 10.0 Å². The summed E-state index contributed by atoms with van der Waals surface area (Å²) >= 11 is 0. The normalized spacial score (nSPS) is 16.1. The number of piperidine rings is 1. The highest BCUT2D eigenvalue weighted by molar-refractivity contribution is 7.89. The van der Waals surface area contributed by atoms with E-state index in [2.05, 4.69) is 5.32 Å². The van der Waals surface area contributed by atoms with Gasteiger partial charge >= 0.3 is 0 Å². The van der Waals surface area contributed by atoms with E-state index in [1.807, 2.05) is 6.92 Å². The number of hydrogen-bond donors (Lipinski definition) is 1. The predicted molar refractivity (Wildman–Crippen MR) is 106 cm³/mol. The van der Waals surface area contributed by atoms with Gasteiger partial charge in [-0.05, 0) is 56.0 Å². The van der Waals surface area contributed by atoms with Crippen molar-refractivity contribution in [3.8, 4) is 0 Å². The van der Waals surface area contributed by atoms with Crippen LogP contribution in [-0.4, -0.2) is 38.3 Å². The molecule has 0 aliphatic carbocycles. The lowest BCUT2D eigenvalue weighted by Gasteiger charge is -2.30. The van der Waals surface area contributed by atoms with Crippen molar-refractivity contribution in [3.05, 3.63) is 65.5 Å². The minimum atomic E-state index is -3.51. The fraction of sp³-hybridized carbons (Fsp3) is 0.381. The van der Waals surface area contributed by atoms with Crippen molar-refractivity contribution >= 4 is 15.9 Å². The Morgan fingerprint density at radius 3 is 2.29 bits per heavy atom. The number of nitrogens with zero attached hydrogens (tertiary/aromatic N) is 1. The fourth-order valence-electron chi connectivity index (χ4n) is 3.34. The van der Waals surface area contributed by atoms with Crippen LogP contribution in [0.3, 0.4) is 0 Å². The molecule has 3 rings (SSSR count). The summed E-state index contributed by atoms with van der Waals surface area (Å²) in [4.78, 5) is 12.7. The fourth-order valence-corrected chi connectivity index (χ4v) is 4.81. The molecule has 1 fully saturated rings. The molecule has 150 valence electrons. The van der Waals surface area contributed by atoms with Crippen LogP contribution in [0.1, 0.15) is 24.0 Å². The maximum atomic E-state index is 12.9. The minimum Gasteiger partial charge on any atom is -0.356 e. The average molecular weight is 405 g/mol. The van der Waals surface area contributed by atoms with E-state index in [0.29, 0.717) is 43.8 Å². The van der Waals surface area contributed by atoms with E-state index in [9.17, 15) is 17.6 Å². The third kappa shape index (κ3) is 4.97. The Balaban J connectivity index is 1.48. The number of hydrogen-bond acceptors (Lipinski definition) is 3. The van der Waals surface area contributed by atoms with Crippen molar-refractivity contribution in [2.45, 2.75) is 31.1 Å². The van der Waals surface area contributed by atoms with Crippen molar-refractivity contribution in [2.75, 3.05) is 19.6 Å². The van der Waals surface area contributed by atoms with Gasteiger partial charge in [0, 0.05) is 25.6 Å². The van der Waals surface area contributed by atoms with Gasteiger partial charge in [0.15, 0.2) is 0 Å². The molecule has 0 atom stereocenters. The van der Waals surface area contributed by atoms with Crippen molar-refractivity contribution in [2.24, 2.45) is 5.92 Å². The first kappa shape index (κ1) is 20.5. The predicted octanol–water partition coefficient (Wildman–Crippen LogP) is 2.89. The Labute approximate surface area is 165 Å². The molecular formula is C21H25FN2O3S. The molecule has 0 spiro atoms. The van der Waals surface area contributed by atoms with Gasteiger partial charge in [0.25, 0.3) is 0 Å². The van der Waals surface area contributed by atoms with Crippen LogP contribution in [0, 0.1) is 18.7 Å². The Morgan fingerprint density at radius 2 is 1.68 bits per heavy atom. The topological polar surface area (TPSA) is 66.5 Å². The number of carbonyl (C=O) groups excluding carboxylic acids is 1. The van der Waals surface area contributed by atoms with Crippen LogP contribution in [0.4, 0.5) is 4.39 Å². The van der Waals surface area contributed by atoms with Crippen molar-refractivity contribution < 1.29 is 17.6 Å². The zero-order chi connectivity index (χ0) is 20.1. The van der Waals surface area contributed by atoms with Crippen LogP contribution in [0.15, 0.2) is 53.4 Å². The molecule has 0 radical (unpaired) electrons. The van der Waals surface area contributed by atoms with Crippen LogP contribution in [-0.2, 0) is 21.2 Å². The third-order valence-electron chi connectivity index (χ3n) is 5.11. The maximum absolute atomic E-state index is 12.9. The number of amides is 1. The molecule has 2 aromatic carbocycles. The van der Waals surface area contributed by atoms with Gasteiger partial charge in [-0.15, -0.1) is 0 Å². The quantitative estimate of drug-likeness (QED) is 0.805. The summed E-state index contributed by atoms with van der Waals surface area (Å²) in [6.07, 6.45) is 1.65. The van der Waals surface area contributed by atoms with Gasteiger partial charge in [0.05, 0.1) is 4.90 Å². The van der Waals surface area contributed by atoms with Gasteiger partial charge in [0.1, 0.15) is 5.82 Å². The first-order chi connectivity index (χ1) is 13.4. The second kappa shape index (κ2) is 8.84. The Hall–Kier alpha value is -2.25. The summed E-state index contributed by atoms with van der Waals surface area (Å²) in [5, 5.41) is 2.91. The zero-order valence-electron chi connectivity index (χ0n) is 15.9. The number of benzene rings is 2. The van der Waals surface area contributed by atoms with Crippen LogP contribution < -0.4 is 5.32 Å². The molecule has 1 saturated heterocycles. The summed E-state index contributed by atoms with van der Waals surface area (Å²) in [5.74, 6) is -0.507. The molecule has 0 unspecified atom stereocenters. The summed E-state index contributed by atoms with van der Waals surface area (Å²) in [5.41, 5.74) is 1.97. The maximum Gasteiger partial charge on any atom is 0.243 e. The molecule has 1 heterocycles. The standard InChI is InChI=1S/C21H25FN2O3S/c1-16-2-8-20(9-3-16)28(26,27)24-14-11-18(12-15-24)21(25)23-13-10-17-4-6-19(22)7-5-17/h2-9,18H,10-15H2,1H3,(H,23,25). The molecule has 5 nitrogen and oxygen atoms in total. The summed E-state index contributed by atoms with van der Waals surface area (Å²) in [6, 6.07) is 13.0. The lowest BCUT2D eigenvalue weighted by Crippen LogP contribution is -2.43. The van der Waals surface area contributed by atoms with E-state index in [0.717, 1.165) is 11.1 Å². The molecule has 0 saturated carbocycles. The van der Waals surface area contributed by atoms with E-state index in [1.165, 1.54) is 16.4 Å². The van der Waals surface area contributed by atoms with Crippen molar-refractivity contribution in [1.29, 1.82) is 0 Å². The third-order valence-corrected chi connectivity index (χ3v) is 7.02. The number of halogens is 1. The highest BCUT2D eigenvalue weighted by Gasteiger charge is 2.31. The lowest BCUT2D eigenvalue weighted by molar-refractivity contribution is -0.126. The molecule has 0 bridgehead atoms. The van der Waals surface area contributed by atoms with E-state index in [-0.39, 0.29) is 17.6 Å². The van der Waals surface area contributed by atoms with Gasteiger partial charge in [-0.3, -0.25) is 4.79 Å². The molecule has 28 heavy (non-hydrogen) atoms. The summed E-state index contributed by atoms with van der Waals surface area (Å²) in [6.45, 7) is 3.07. The van der Waals surface area contributed by atoms with Crippen LogP contribution in [0.25, 0.3) is 0 Å². The van der Waals surface area contributed by atoms with Crippen LogP contribution >= 0.6 is 0 Å². The molecular weight excluding hydrogens is 379 g/mol. The Kier molecular flexibility index (Phi) is 6.46. The second-order valence-corrected chi connectivity index (χ2v) is 9.10. The monoisotopic (exact) mass is 404 g/mol. The van der Waals surface area contributed by atoms with E-state index in [1.54, 1.807) is 36.4 Å². The van der Waals surface area contributed by atoms with Gasteiger partial charge < -0.3 is 5.32 Å². The molecule has 1 amide bonds. The van der Waals surface area contributed by atoms with Crippen molar-refractivity contribution in [1.82, 2.24) is 9.62 Å². The number of rotatable bonds is 6. The molecule has 2 aromatic rings. The Bertz CT molecular complexity index is 904. The smallest absolute Gasteiger partial charge is 0.243 e. The highest BCUT2D eigenvalue weighted by atomic mass is 32.2. The minimum absolute atomic E-state index is 0.0468. The van der Waals surface area contributed by atoms with Gasteiger partial charge in [-0.2, -0.15) is 4.31 Å². The number of sulfonamides is 1. The molecule has 7 heteroatoms. The van der Waals surface area contributed by atoms with E-state index in [4.69, 9.17) is 0 Å². The Morgan fingerprint density at radius 1 is 1.07 bits per heavy atom. The molecule has 1 aliphatic rings. The van der Waals surface area contributed by atoms with Crippen molar-refractivity contribution in [3.63, 3.8) is 0 Å². The summed E-state index contributed by atoms with van der Waals surface area (Å²) in [7, 11) is -3.51. The van der Waals surface area contributed by atoms with Crippen LogP contribution in [0.5, 0.6) is 0 Å². The molecule has 1 aliphatic heterocycles. The van der Waals surface area contributed by atoms with E-state index >= 15 is 0 Å². The molecule has 0 aromatic heterocycles. The first-order valence-corrected chi connectivity index (χ1v) is 10.9. The first-order valence-electron chi connectivity index (χ1n) is 9.45. The number of carbonyl (C=O) groups is 1. The van der Waals surface area contributed by atoms with Gasteiger partial charge in [-0.25, -0.2) is 12.8 Å². The largest absolute Gasteiger partial charge is 0.356 e. The number of nitrogens with one attached hydrogen (secondary N) is 1. The lowest BCUT2D eigenvalue weighted by atomic mass is 9.97. The SMILES string of the molecule is Cc1ccc(S(=O)(=O)N2CCC(C(=O)NCCc3ccc(F)cc3)CC2)cc1.